The topological polar surface area (TPSA) is 54.5 Å². The molecule has 0 radical (unpaired) electrons. The Balaban J connectivity index is 2.25. The predicted octanol–water partition coefficient (Wildman–Crippen LogP) is 2.65. The van der Waals surface area contributed by atoms with Gasteiger partial charge in [-0.25, -0.2) is 8.42 Å². The number of anilines is 1. The third kappa shape index (κ3) is 1.67. The maximum Gasteiger partial charge on any atom is 0.273 e. The number of hydrogen-bond donors (Lipinski definition) is 0. The van der Waals surface area contributed by atoms with Crippen molar-refractivity contribution in [1.82, 2.24) is 0 Å². The van der Waals surface area contributed by atoms with Crippen molar-refractivity contribution in [3.8, 4) is 0 Å². The van der Waals surface area contributed by atoms with Gasteiger partial charge < -0.3 is 0 Å². The van der Waals surface area contributed by atoms with E-state index in [1.165, 1.54) is 6.07 Å². The summed E-state index contributed by atoms with van der Waals surface area (Å²) in [6.07, 6.45) is 0. The summed E-state index contributed by atoms with van der Waals surface area (Å²) < 4.78 is 26.0. The lowest BCUT2D eigenvalue weighted by Crippen LogP contribution is -2.30. The number of carbonyl (C=O) groups is 1. The summed E-state index contributed by atoms with van der Waals surface area (Å²) in [4.78, 5) is 12.5. The summed E-state index contributed by atoms with van der Waals surface area (Å²) in [7, 11) is -3.80. The van der Waals surface area contributed by atoms with Gasteiger partial charge in [0.2, 0.25) is 0 Å². The molecule has 1 heterocycles. The first-order chi connectivity index (χ1) is 9.43. The third-order valence-corrected chi connectivity index (χ3v) is 5.15. The number of benzene rings is 2. The average Bonchev–Trinajstić information content (AvgIpc) is 2.60. The third-order valence-electron chi connectivity index (χ3n) is 3.39. The van der Waals surface area contributed by atoms with E-state index < -0.39 is 15.9 Å². The number of rotatable bonds is 1. The monoisotopic (exact) mass is 287 g/mol. The van der Waals surface area contributed by atoms with Crippen molar-refractivity contribution in [3.63, 3.8) is 0 Å². The van der Waals surface area contributed by atoms with Crippen LogP contribution < -0.4 is 4.31 Å². The molecule has 2 aromatic carbocycles. The number of fused-ring (bicyclic) bond motifs is 1. The molecule has 0 fully saturated rings. The highest BCUT2D eigenvalue weighted by molar-refractivity contribution is 7.94. The Morgan fingerprint density at radius 3 is 2.35 bits per heavy atom. The van der Waals surface area contributed by atoms with Gasteiger partial charge >= 0.3 is 0 Å². The second-order valence-corrected chi connectivity index (χ2v) is 6.62. The van der Waals surface area contributed by atoms with Gasteiger partial charge in [-0.05, 0) is 37.6 Å². The number of aryl methyl sites for hydroxylation is 2. The molecule has 0 N–H and O–H groups in total. The lowest BCUT2D eigenvalue weighted by molar-refractivity contribution is 0.101. The zero-order chi connectivity index (χ0) is 14.5. The average molecular weight is 287 g/mol. The van der Waals surface area contributed by atoms with Gasteiger partial charge in [0, 0.05) is 0 Å². The van der Waals surface area contributed by atoms with Crippen LogP contribution in [0.15, 0.2) is 47.4 Å². The Morgan fingerprint density at radius 2 is 1.70 bits per heavy atom. The molecule has 0 saturated carbocycles. The van der Waals surface area contributed by atoms with Gasteiger partial charge in [-0.2, -0.15) is 4.31 Å². The summed E-state index contributed by atoms with van der Waals surface area (Å²) in [6.45, 7) is 3.72. The maximum atomic E-state index is 12.5. The highest BCUT2D eigenvalue weighted by Gasteiger charge is 2.42. The van der Waals surface area contributed by atoms with E-state index in [0.717, 1.165) is 15.4 Å². The van der Waals surface area contributed by atoms with E-state index in [-0.39, 0.29) is 10.5 Å². The van der Waals surface area contributed by atoms with Crippen LogP contribution in [0.25, 0.3) is 0 Å². The zero-order valence-corrected chi connectivity index (χ0v) is 11.9. The van der Waals surface area contributed by atoms with Gasteiger partial charge in [-0.1, -0.05) is 29.8 Å². The smallest absolute Gasteiger partial charge is 0.268 e. The van der Waals surface area contributed by atoms with Crippen LogP contribution >= 0.6 is 0 Å². The normalized spacial score (nSPS) is 16.3. The summed E-state index contributed by atoms with van der Waals surface area (Å²) in [6, 6.07) is 11.6. The number of hydrogen-bond acceptors (Lipinski definition) is 3. The van der Waals surface area contributed by atoms with Crippen LogP contribution in [0.3, 0.4) is 0 Å². The molecule has 0 aliphatic carbocycles. The number of amides is 1. The number of nitrogens with zero attached hydrogens (tertiary/aromatic N) is 1. The van der Waals surface area contributed by atoms with Crippen molar-refractivity contribution < 1.29 is 13.2 Å². The van der Waals surface area contributed by atoms with Gasteiger partial charge in [-0.15, -0.1) is 0 Å². The molecular weight excluding hydrogens is 274 g/mol. The molecule has 0 saturated heterocycles. The Kier molecular flexibility index (Phi) is 2.69. The molecule has 0 bridgehead atoms. The molecule has 20 heavy (non-hydrogen) atoms. The molecule has 2 aromatic rings. The van der Waals surface area contributed by atoms with E-state index >= 15 is 0 Å². The number of carbonyl (C=O) groups excluding carboxylic acids is 1. The highest BCUT2D eigenvalue weighted by atomic mass is 32.2. The molecule has 1 aliphatic rings. The van der Waals surface area contributed by atoms with Crippen molar-refractivity contribution in [2.45, 2.75) is 18.7 Å². The van der Waals surface area contributed by atoms with E-state index in [1.807, 2.05) is 13.0 Å². The minimum absolute atomic E-state index is 0.0741. The van der Waals surface area contributed by atoms with Crippen LogP contribution in [0, 0.1) is 13.8 Å². The molecule has 1 aliphatic heterocycles. The van der Waals surface area contributed by atoms with Crippen LogP contribution in [0.4, 0.5) is 5.69 Å². The van der Waals surface area contributed by atoms with Crippen LogP contribution in [0.5, 0.6) is 0 Å². The quantitative estimate of drug-likeness (QED) is 0.810. The Hall–Kier alpha value is -2.14. The fraction of sp³-hybridized carbons (Fsp3) is 0.133. The van der Waals surface area contributed by atoms with E-state index in [9.17, 15) is 13.2 Å². The van der Waals surface area contributed by atoms with E-state index in [0.29, 0.717) is 5.69 Å². The molecule has 0 unspecified atom stereocenters. The van der Waals surface area contributed by atoms with Crippen LogP contribution in [0.1, 0.15) is 21.5 Å². The number of sulfonamides is 1. The van der Waals surface area contributed by atoms with Crippen LogP contribution in [0.2, 0.25) is 0 Å². The van der Waals surface area contributed by atoms with Crippen LogP contribution in [-0.2, 0) is 10.0 Å². The van der Waals surface area contributed by atoms with Gasteiger partial charge in [0.25, 0.3) is 15.9 Å². The molecule has 0 spiro atoms. The van der Waals surface area contributed by atoms with Gasteiger partial charge in [0.15, 0.2) is 0 Å². The molecule has 3 rings (SSSR count). The van der Waals surface area contributed by atoms with E-state index in [1.54, 1.807) is 37.3 Å². The Bertz CT molecular complexity index is 825. The highest BCUT2D eigenvalue weighted by Crippen LogP contribution is 2.36. The minimum Gasteiger partial charge on any atom is -0.268 e. The standard InChI is InChI=1S/C15H13NO3S/c1-10-7-8-13(11(2)9-10)16-15(17)12-5-3-4-6-14(12)20(16,18)19/h3-9H,1-2H3. The summed E-state index contributed by atoms with van der Waals surface area (Å²) in [5.41, 5.74) is 2.42. The predicted molar refractivity (Wildman–Crippen MR) is 76.4 cm³/mol. The summed E-state index contributed by atoms with van der Waals surface area (Å²) in [5, 5.41) is 0. The molecular formula is C15H13NO3S. The van der Waals surface area contributed by atoms with E-state index in [2.05, 4.69) is 0 Å². The van der Waals surface area contributed by atoms with Crippen molar-refractivity contribution in [2.75, 3.05) is 4.31 Å². The van der Waals surface area contributed by atoms with Crippen molar-refractivity contribution in [2.24, 2.45) is 0 Å². The first-order valence-corrected chi connectivity index (χ1v) is 7.63. The lowest BCUT2D eigenvalue weighted by Gasteiger charge is -2.17. The van der Waals surface area contributed by atoms with Crippen molar-refractivity contribution in [3.05, 3.63) is 59.2 Å². The molecule has 1 amide bonds. The largest absolute Gasteiger partial charge is 0.273 e. The fourth-order valence-corrected chi connectivity index (χ4v) is 4.12. The van der Waals surface area contributed by atoms with Crippen molar-refractivity contribution in [1.29, 1.82) is 0 Å². The SMILES string of the molecule is Cc1ccc(N2C(=O)c3ccccc3S2(=O)=O)c(C)c1. The zero-order valence-electron chi connectivity index (χ0n) is 11.1. The molecule has 4 nitrogen and oxygen atoms in total. The summed E-state index contributed by atoms with van der Waals surface area (Å²) in [5.74, 6) is -0.493. The first-order valence-electron chi connectivity index (χ1n) is 6.19. The van der Waals surface area contributed by atoms with E-state index in [4.69, 9.17) is 0 Å². The molecule has 0 atom stereocenters. The second-order valence-electron chi connectivity index (χ2n) is 4.86. The van der Waals surface area contributed by atoms with Gasteiger partial charge in [0.05, 0.1) is 11.3 Å². The molecule has 0 aromatic heterocycles. The fourth-order valence-electron chi connectivity index (χ4n) is 2.46. The van der Waals surface area contributed by atoms with Crippen molar-refractivity contribution >= 4 is 21.6 Å². The summed E-state index contributed by atoms with van der Waals surface area (Å²) >= 11 is 0. The first kappa shape index (κ1) is 12.9. The van der Waals surface area contributed by atoms with Crippen LogP contribution in [-0.4, -0.2) is 14.3 Å². The molecule has 102 valence electrons. The molecule has 5 heteroatoms. The van der Waals surface area contributed by atoms with Gasteiger partial charge in [-0.3, -0.25) is 4.79 Å². The minimum atomic E-state index is -3.80. The lowest BCUT2D eigenvalue weighted by atomic mass is 10.1. The maximum absolute atomic E-state index is 12.5. The van der Waals surface area contributed by atoms with Gasteiger partial charge in [0.1, 0.15) is 4.90 Å². The Morgan fingerprint density at radius 1 is 1.00 bits per heavy atom. The Labute approximate surface area is 117 Å². The second kappa shape index (κ2) is 4.18.